The van der Waals surface area contributed by atoms with E-state index < -0.39 is 11.6 Å². The molecule has 2 saturated carbocycles. The first-order chi connectivity index (χ1) is 10.9. The van der Waals surface area contributed by atoms with Crippen molar-refractivity contribution >= 4 is 5.91 Å². The zero-order valence-corrected chi connectivity index (χ0v) is 13.3. The van der Waals surface area contributed by atoms with Crippen LogP contribution in [0.3, 0.4) is 0 Å². The molecule has 0 aromatic heterocycles. The van der Waals surface area contributed by atoms with E-state index in [2.05, 4.69) is 0 Å². The summed E-state index contributed by atoms with van der Waals surface area (Å²) in [6.45, 7) is 0. The molecule has 23 heavy (non-hydrogen) atoms. The van der Waals surface area contributed by atoms with Crippen molar-refractivity contribution in [3.05, 3.63) is 35.4 Å². The maximum atomic E-state index is 13.2. The Morgan fingerprint density at radius 3 is 2.43 bits per heavy atom. The maximum Gasteiger partial charge on any atom is 0.222 e. The second-order valence-corrected chi connectivity index (χ2v) is 7.02. The van der Waals surface area contributed by atoms with Gasteiger partial charge in [0.15, 0.2) is 11.6 Å². The van der Waals surface area contributed by atoms with Crippen LogP contribution in [0.2, 0.25) is 0 Å². The number of aryl methyl sites for hydroxylation is 1. The average Bonchev–Trinajstić information content (AvgIpc) is 3.04. The summed E-state index contributed by atoms with van der Waals surface area (Å²) in [6, 6.07) is 4.02. The highest BCUT2D eigenvalue weighted by molar-refractivity contribution is 5.76. The first-order valence-electron chi connectivity index (χ1n) is 8.31. The topological polar surface area (TPSA) is 40.5 Å². The fraction of sp³-hybridized carbons (Fsp3) is 0.611. The Morgan fingerprint density at radius 2 is 1.83 bits per heavy atom. The van der Waals surface area contributed by atoms with Crippen molar-refractivity contribution < 1.29 is 18.7 Å². The molecule has 2 fully saturated rings. The van der Waals surface area contributed by atoms with Crippen molar-refractivity contribution in [1.29, 1.82) is 0 Å². The summed E-state index contributed by atoms with van der Waals surface area (Å²) in [5.41, 5.74) is 0.636. The number of amides is 1. The summed E-state index contributed by atoms with van der Waals surface area (Å²) < 4.78 is 26.1. The second-order valence-electron chi connectivity index (χ2n) is 7.02. The van der Waals surface area contributed by atoms with E-state index in [-0.39, 0.29) is 18.1 Å². The third-order valence-electron chi connectivity index (χ3n) is 5.52. The quantitative estimate of drug-likeness (QED) is 0.925. The lowest BCUT2D eigenvalue weighted by atomic mass is 10.0. The van der Waals surface area contributed by atoms with Crippen molar-refractivity contribution in [3.63, 3.8) is 0 Å². The molecular formula is C18H23F2NO2. The third-order valence-corrected chi connectivity index (χ3v) is 5.52. The molecule has 1 N–H and O–H groups in total. The van der Waals surface area contributed by atoms with Crippen molar-refractivity contribution in [3.8, 4) is 0 Å². The van der Waals surface area contributed by atoms with Crippen molar-refractivity contribution in [1.82, 2.24) is 4.90 Å². The van der Waals surface area contributed by atoms with Crippen molar-refractivity contribution in [2.45, 2.75) is 50.7 Å². The van der Waals surface area contributed by atoms with Crippen LogP contribution in [0, 0.1) is 23.5 Å². The lowest BCUT2D eigenvalue weighted by Crippen LogP contribution is -2.36. The van der Waals surface area contributed by atoms with E-state index in [1.165, 1.54) is 6.07 Å². The lowest BCUT2D eigenvalue weighted by Gasteiger charge is -2.25. The van der Waals surface area contributed by atoms with Gasteiger partial charge in [-0.2, -0.15) is 0 Å². The number of nitrogens with zero attached hydrogens (tertiary/aromatic N) is 1. The number of fused-ring (bicyclic) bond motifs is 1. The number of carbonyl (C=O) groups is 1. The van der Waals surface area contributed by atoms with Crippen LogP contribution in [0.1, 0.15) is 37.7 Å². The lowest BCUT2D eigenvalue weighted by molar-refractivity contribution is -0.131. The van der Waals surface area contributed by atoms with E-state index in [0.29, 0.717) is 30.2 Å². The van der Waals surface area contributed by atoms with Gasteiger partial charge in [-0.15, -0.1) is 0 Å². The van der Waals surface area contributed by atoms with Gasteiger partial charge < -0.3 is 10.0 Å². The summed E-state index contributed by atoms with van der Waals surface area (Å²) in [4.78, 5) is 14.2. The van der Waals surface area contributed by atoms with Gasteiger partial charge in [0.1, 0.15) is 0 Å². The predicted molar refractivity (Wildman–Crippen MR) is 82.7 cm³/mol. The number of aliphatic hydroxyl groups excluding tert-OH is 1. The molecular weight excluding hydrogens is 300 g/mol. The third kappa shape index (κ3) is 3.55. The predicted octanol–water partition coefficient (Wildman–Crippen LogP) is 2.91. The van der Waals surface area contributed by atoms with Gasteiger partial charge in [-0.3, -0.25) is 4.79 Å². The summed E-state index contributed by atoms with van der Waals surface area (Å²) in [5.74, 6) is -0.615. The highest BCUT2D eigenvalue weighted by Gasteiger charge is 2.42. The average molecular weight is 323 g/mol. The van der Waals surface area contributed by atoms with E-state index >= 15 is 0 Å². The fourth-order valence-electron chi connectivity index (χ4n) is 4.20. The molecule has 4 atom stereocenters. The number of rotatable bonds is 4. The number of carbonyl (C=O) groups excluding carboxylic acids is 1. The van der Waals surface area contributed by atoms with Gasteiger partial charge in [0.25, 0.3) is 0 Å². The van der Waals surface area contributed by atoms with Gasteiger partial charge >= 0.3 is 0 Å². The number of hydrogen-bond donors (Lipinski definition) is 1. The highest BCUT2D eigenvalue weighted by atomic mass is 19.2. The number of aliphatic hydroxyl groups is 1. The Morgan fingerprint density at radius 1 is 1.17 bits per heavy atom. The van der Waals surface area contributed by atoms with Crippen LogP contribution in [0.5, 0.6) is 0 Å². The van der Waals surface area contributed by atoms with Crippen LogP contribution in [0.4, 0.5) is 8.78 Å². The molecule has 2 aliphatic carbocycles. The molecule has 5 heteroatoms. The molecule has 1 amide bonds. The maximum absolute atomic E-state index is 13.2. The van der Waals surface area contributed by atoms with Crippen LogP contribution in [0.15, 0.2) is 18.2 Å². The molecule has 1 aromatic rings. The largest absolute Gasteiger partial charge is 0.393 e. The van der Waals surface area contributed by atoms with E-state index in [1.54, 1.807) is 0 Å². The van der Waals surface area contributed by atoms with Gasteiger partial charge in [0.05, 0.1) is 6.10 Å². The Balaban J connectivity index is 1.51. The zero-order chi connectivity index (χ0) is 16.6. The Bertz CT molecular complexity index is 578. The van der Waals surface area contributed by atoms with E-state index in [9.17, 15) is 18.7 Å². The Kier molecular flexibility index (Phi) is 4.67. The Labute approximate surface area is 135 Å². The summed E-state index contributed by atoms with van der Waals surface area (Å²) in [6.07, 6.45) is 4.20. The minimum Gasteiger partial charge on any atom is -0.393 e. The van der Waals surface area contributed by atoms with Gasteiger partial charge in [-0.05, 0) is 61.6 Å². The minimum atomic E-state index is -0.870. The van der Waals surface area contributed by atoms with Gasteiger partial charge in [0, 0.05) is 19.5 Å². The molecule has 126 valence electrons. The first kappa shape index (κ1) is 16.4. The molecule has 2 unspecified atom stereocenters. The van der Waals surface area contributed by atoms with Crippen molar-refractivity contribution in [2.75, 3.05) is 7.05 Å². The standard InChI is InChI=1S/C18H23F2NO2/c1-21(14-7-12-9-15(22)10-13(12)8-14)18(23)5-3-11-2-4-16(19)17(20)6-11/h2,4,6,12-15,22H,3,5,7-10H2,1H3/t12-,13+,14?,15?. The second kappa shape index (κ2) is 6.56. The van der Waals surface area contributed by atoms with Crippen LogP contribution in [0.25, 0.3) is 0 Å². The normalized spacial score (nSPS) is 29.6. The molecule has 3 nitrogen and oxygen atoms in total. The molecule has 3 rings (SSSR count). The number of benzene rings is 1. The smallest absolute Gasteiger partial charge is 0.222 e. The van der Waals surface area contributed by atoms with E-state index in [0.717, 1.165) is 37.8 Å². The van der Waals surface area contributed by atoms with Gasteiger partial charge in [-0.1, -0.05) is 6.07 Å². The molecule has 0 radical (unpaired) electrons. The SMILES string of the molecule is CN(C(=O)CCc1ccc(F)c(F)c1)C1C[C@H]2CC(O)C[C@H]2C1. The van der Waals surface area contributed by atoms with E-state index in [4.69, 9.17) is 0 Å². The van der Waals surface area contributed by atoms with Crippen molar-refractivity contribution in [2.24, 2.45) is 11.8 Å². The highest BCUT2D eigenvalue weighted by Crippen LogP contribution is 2.45. The fourth-order valence-corrected chi connectivity index (χ4v) is 4.20. The number of halogens is 2. The number of hydrogen-bond acceptors (Lipinski definition) is 2. The van der Waals surface area contributed by atoms with Crippen LogP contribution >= 0.6 is 0 Å². The molecule has 0 aliphatic heterocycles. The molecule has 0 saturated heterocycles. The Hall–Kier alpha value is -1.49. The van der Waals surface area contributed by atoms with Crippen LogP contribution < -0.4 is 0 Å². The molecule has 2 aliphatic rings. The monoisotopic (exact) mass is 323 g/mol. The van der Waals surface area contributed by atoms with Crippen LogP contribution in [-0.2, 0) is 11.2 Å². The molecule has 0 bridgehead atoms. The summed E-state index contributed by atoms with van der Waals surface area (Å²) in [5, 5.41) is 9.68. The molecule has 1 aromatic carbocycles. The minimum absolute atomic E-state index is 0.0419. The first-order valence-corrected chi connectivity index (χ1v) is 8.31. The van der Waals surface area contributed by atoms with Gasteiger partial charge in [0.2, 0.25) is 5.91 Å². The van der Waals surface area contributed by atoms with Crippen LogP contribution in [-0.4, -0.2) is 35.1 Å². The summed E-state index contributed by atoms with van der Waals surface area (Å²) in [7, 11) is 1.83. The van der Waals surface area contributed by atoms with Gasteiger partial charge in [-0.25, -0.2) is 8.78 Å². The zero-order valence-electron chi connectivity index (χ0n) is 13.3. The van der Waals surface area contributed by atoms with E-state index in [1.807, 2.05) is 11.9 Å². The molecule has 0 spiro atoms. The summed E-state index contributed by atoms with van der Waals surface area (Å²) >= 11 is 0. The molecule has 0 heterocycles.